The number of pyridine rings is 1. The molecule has 4 aromatic heterocycles. The highest BCUT2D eigenvalue weighted by Crippen LogP contribution is 2.24. The fourth-order valence-corrected chi connectivity index (χ4v) is 4.38. The van der Waals surface area contributed by atoms with Crippen molar-refractivity contribution >= 4 is 28.6 Å². The molecule has 1 fully saturated rings. The predicted octanol–water partition coefficient (Wildman–Crippen LogP) is 3.74. The van der Waals surface area contributed by atoms with Crippen molar-refractivity contribution in [3.05, 3.63) is 78.4 Å². The van der Waals surface area contributed by atoms with Gasteiger partial charge in [-0.2, -0.15) is 9.61 Å². The summed E-state index contributed by atoms with van der Waals surface area (Å²) in [6.45, 7) is 3.55. The number of nitrogens with zero attached hydrogens (tertiary/aromatic N) is 7. The molecule has 0 aliphatic carbocycles. The molecule has 0 saturated carbocycles. The molecule has 5 aromatic rings. The Labute approximate surface area is 197 Å². The van der Waals surface area contributed by atoms with Crippen LogP contribution in [-0.4, -0.2) is 56.7 Å². The molecule has 8 nitrogen and oxygen atoms in total. The van der Waals surface area contributed by atoms with E-state index < -0.39 is 0 Å². The third-order valence-corrected chi connectivity index (χ3v) is 6.18. The SMILES string of the molecule is Cn1ccc2ccc(C=NCc3cc(N4CCOCC4)n4nc(-c5ccncc5)cc4n3)cc21. The lowest BCUT2D eigenvalue weighted by Gasteiger charge is -2.29. The Balaban J connectivity index is 1.34. The molecule has 8 heteroatoms. The Bertz CT molecular complexity index is 1480. The highest BCUT2D eigenvalue weighted by atomic mass is 16.5. The quantitative estimate of drug-likeness (QED) is 0.381. The summed E-state index contributed by atoms with van der Waals surface area (Å²) in [6, 6.07) is 16.6. The van der Waals surface area contributed by atoms with Crippen molar-refractivity contribution in [2.45, 2.75) is 6.54 Å². The average Bonchev–Trinajstić information content (AvgIpc) is 3.48. The summed E-state index contributed by atoms with van der Waals surface area (Å²) in [4.78, 5) is 16.0. The average molecular weight is 452 g/mol. The van der Waals surface area contributed by atoms with Gasteiger partial charge in [-0.05, 0) is 35.2 Å². The van der Waals surface area contributed by atoms with Crippen molar-refractivity contribution in [2.75, 3.05) is 31.2 Å². The van der Waals surface area contributed by atoms with Crippen molar-refractivity contribution in [3.63, 3.8) is 0 Å². The van der Waals surface area contributed by atoms with Crippen LogP contribution in [-0.2, 0) is 18.3 Å². The molecule has 1 saturated heterocycles. The van der Waals surface area contributed by atoms with E-state index in [1.54, 1.807) is 12.4 Å². The van der Waals surface area contributed by atoms with Crippen molar-refractivity contribution < 1.29 is 4.74 Å². The summed E-state index contributed by atoms with van der Waals surface area (Å²) >= 11 is 0. The zero-order valence-electron chi connectivity index (χ0n) is 19.0. The fourth-order valence-electron chi connectivity index (χ4n) is 4.38. The number of rotatable bonds is 5. The summed E-state index contributed by atoms with van der Waals surface area (Å²) in [5.74, 6) is 1.02. The number of benzene rings is 1. The standard InChI is InChI=1S/C26H25N7O/c1-31-9-6-21-3-2-19(14-24(21)31)17-28-18-22-15-26(32-10-12-34-13-11-32)33-25(29-22)16-23(30-33)20-4-7-27-8-5-20/h2-9,14-17H,10-13,18H2,1H3. The van der Waals surface area contributed by atoms with E-state index in [-0.39, 0.29) is 0 Å². The van der Waals surface area contributed by atoms with Crippen LogP contribution in [0.5, 0.6) is 0 Å². The Hall–Kier alpha value is -4.04. The maximum atomic E-state index is 5.57. The number of aliphatic imine (C=N–C) groups is 1. The minimum atomic E-state index is 0.495. The first-order valence-electron chi connectivity index (χ1n) is 11.4. The highest BCUT2D eigenvalue weighted by molar-refractivity contribution is 5.89. The van der Waals surface area contributed by atoms with Crippen LogP contribution in [0.3, 0.4) is 0 Å². The van der Waals surface area contributed by atoms with Crippen molar-refractivity contribution in [2.24, 2.45) is 12.0 Å². The van der Waals surface area contributed by atoms with Gasteiger partial charge < -0.3 is 14.2 Å². The fraction of sp³-hybridized carbons (Fsp3) is 0.231. The van der Waals surface area contributed by atoms with Gasteiger partial charge in [0.1, 0.15) is 5.82 Å². The largest absolute Gasteiger partial charge is 0.378 e. The van der Waals surface area contributed by atoms with E-state index in [0.29, 0.717) is 19.8 Å². The van der Waals surface area contributed by atoms with Crippen LogP contribution in [0.4, 0.5) is 5.82 Å². The van der Waals surface area contributed by atoms with Gasteiger partial charge in [-0.25, -0.2) is 4.98 Å². The second kappa shape index (κ2) is 8.72. The minimum Gasteiger partial charge on any atom is -0.378 e. The van der Waals surface area contributed by atoms with Crippen LogP contribution in [0, 0.1) is 0 Å². The lowest BCUT2D eigenvalue weighted by Crippen LogP contribution is -2.37. The first kappa shape index (κ1) is 20.6. The number of hydrogen-bond acceptors (Lipinski definition) is 6. The zero-order valence-corrected chi connectivity index (χ0v) is 19.0. The topological polar surface area (TPSA) is 72.8 Å². The third-order valence-electron chi connectivity index (χ3n) is 6.18. The Morgan fingerprint density at radius 1 is 1.03 bits per heavy atom. The molecular formula is C26H25N7O. The lowest BCUT2D eigenvalue weighted by atomic mass is 10.2. The molecule has 170 valence electrons. The molecule has 0 spiro atoms. The van der Waals surface area contributed by atoms with Crippen LogP contribution in [0.25, 0.3) is 27.8 Å². The monoisotopic (exact) mass is 451 g/mol. The highest BCUT2D eigenvalue weighted by Gasteiger charge is 2.18. The second-order valence-corrected chi connectivity index (χ2v) is 8.46. The van der Waals surface area contributed by atoms with Crippen LogP contribution in [0.1, 0.15) is 11.3 Å². The molecule has 0 unspecified atom stereocenters. The van der Waals surface area contributed by atoms with E-state index in [2.05, 4.69) is 58.0 Å². The van der Waals surface area contributed by atoms with E-state index >= 15 is 0 Å². The Morgan fingerprint density at radius 2 is 1.88 bits per heavy atom. The van der Waals surface area contributed by atoms with Crippen LogP contribution in [0.2, 0.25) is 0 Å². The van der Waals surface area contributed by atoms with E-state index in [0.717, 1.165) is 47.1 Å². The number of aromatic nitrogens is 5. The van der Waals surface area contributed by atoms with Crippen LogP contribution >= 0.6 is 0 Å². The second-order valence-electron chi connectivity index (χ2n) is 8.46. The zero-order chi connectivity index (χ0) is 22.9. The van der Waals surface area contributed by atoms with Gasteiger partial charge >= 0.3 is 0 Å². The summed E-state index contributed by atoms with van der Waals surface area (Å²) in [7, 11) is 2.06. The summed E-state index contributed by atoms with van der Waals surface area (Å²) in [5.41, 5.74) is 5.89. The van der Waals surface area contributed by atoms with Gasteiger partial charge in [0.15, 0.2) is 5.65 Å². The minimum absolute atomic E-state index is 0.495. The molecule has 5 heterocycles. The number of aryl methyl sites for hydroxylation is 1. The molecule has 6 rings (SSSR count). The number of ether oxygens (including phenoxy) is 1. The third kappa shape index (κ3) is 3.92. The van der Waals surface area contributed by atoms with Gasteiger partial charge in [-0.15, -0.1) is 0 Å². The molecule has 0 amide bonds. The van der Waals surface area contributed by atoms with Gasteiger partial charge in [0.05, 0.1) is 31.1 Å². The predicted molar refractivity (Wildman–Crippen MR) is 133 cm³/mol. The van der Waals surface area contributed by atoms with Gasteiger partial charge in [0, 0.05) is 68.2 Å². The smallest absolute Gasteiger partial charge is 0.158 e. The van der Waals surface area contributed by atoms with Gasteiger partial charge in [-0.3, -0.25) is 9.98 Å². The number of fused-ring (bicyclic) bond motifs is 2. The molecule has 0 radical (unpaired) electrons. The molecule has 1 aliphatic heterocycles. The first-order chi connectivity index (χ1) is 16.7. The summed E-state index contributed by atoms with van der Waals surface area (Å²) in [5, 5.41) is 6.09. The summed E-state index contributed by atoms with van der Waals surface area (Å²) in [6.07, 6.45) is 7.56. The lowest BCUT2D eigenvalue weighted by molar-refractivity contribution is 0.122. The van der Waals surface area contributed by atoms with Gasteiger partial charge in [-0.1, -0.05) is 12.1 Å². The maximum absolute atomic E-state index is 5.57. The molecule has 0 bridgehead atoms. The van der Waals surface area contributed by atoms with Crippen LogP contribution in [0.15, 0.2) is 72.1 Å². The van der Waals surface area contributed by atoms with E-state index in [9.17, 15) is 0 Å². The number of anilines is 1. The van der Waals surface area contributed by atoms with Crippen molar-refractivity contribution in [1.82, 2.24) is 24.1 Å². The molecule has 0 N–H and O–H groups in total. The molecule has 34 heavy (non-hydrogen) atoms. The molecular weight excluding hydrogens is 426 g/mol. The van der Waals surface area contributed by atoms with E-state index in [1.807, 2.05) is 28.9 Å². The summed E-state index contributed by atoms with van der Waals surface area (Å²) < 4.78 is 9.62. The molecule has 1 aromatic carbocycles. The number of morpholine rings is 1. The molecule has 0 atom stereocenters. The van der Waals surface area contributed by atoms with Crippen molar-refractivity contribution in [3.8, 4) is 11.3 Å². The number of hydrogen-bond donors (Lipinski definition) is 0. The van der Waals surface area contributed by atoms with Crippen LogP contribution < -0.4 is 4.90 Å². The Morgan fingerprint density at radius 3 is 2.74 bits per heavy atom. The normalized spacial score (nSPS) is 14.6. The van der Waals surface area contributed by atoms with Gasteiger partial charge in [0.25, 0.3) is 0 Å². The van der Waals surface area contributed by atoms with Gasteiger partial charge in [0.2, 0.25) is 0 Å². The van der Waals surface area contributed by atoms with E-state index in [1.165, 1.54) is 10.9 Å². The Kier molecular flexibility index (Phi) is 5.27. The first-order valence-corrected chi connectivity index (χ1v) is 11.4. The van der Waals surface area contributed by atoms with Crippen molar-refractivity contribution in [1.29, 1.82) is 0 Å². The van der Waals surface area contributed by atoms with E-state index in [4.69, 9.17) is 19.8 Å². The maximum Gasteiger partial charge on any atom is 0.158 e. The molecule has 1 aliphatic rings.